The maximum absolute atomic E-state index is 12.2. The van der Waals surface area contributed by atoms with E-state index in [0.29, 0.717) is 5.75 Å². The smallest absolute Gasteiger partial charge is 0.305 e. The van der Waals surface area contributed by atoms with E-state index < -0.39 is 27.9 Å². The third kappa shape index (κ3) is 4.61. The van der Waals surface area contributed by atoms with Crippen molar-refractivity contribution >= 4 is 32.6 Å². The molecule has 1 heterocycles. The Bertz CT molecular complexity index is 1190. The normalized spacial score (nSPS) is 12.5. The van der Waals surface area contributed by atoms with Gasteiger partial charge in [-0.05, 0) is 42.0 Å². The number of carbonyl (C=O) groups is 2. The van der Waals surface area contributed by atoms with Gasteiger partial charge >= 0.3 is 5.91 Å². The molecule has 0 aliphatic heterocycles. The molecule has 1 aromatic heterocycles. The van der Waals surface area contributed by atoms with E-state index in [1.54, 1.807) is 6.07 Å². The fraction of sp³-hybridized carbons (Fsp3) is 0.200. The minimum absolute atomic E-state index is 0.265. The van der Waals surface area contributed by atoms with E-state index in [1.165, 1.54) is 27.1 Å². The Hall–Kier alpha value is -3.37. The molecule has 0 saturated carbocycles. The second-order valence-electron chi connectivity index (χ2n) is 6.62. The number of furan rings is 1. The number of fused-ring (bicyclic) bond motifs is 1. The highest BCUT2D eigenvalue weighted by atomic mass is 32.2. The SMILES string of the molecule is CC(Oc1ccc2ccccc2c1)C(=O)NNC(=O)c1ccc(S(=O)(=O)N(C)C)o1. The summed E-state index contributed by atoms with van der Waals surface area (Å²) in [6, 6.07) is 15.5. The summed E-state index contributed by atoms with van der Waals surface area (Å²) in [5, 5.41) is 1.64. The Kier molecular flexibility index (Phi) is 6.09. The Labute approximate surface area is 173 Å². The lowest BCUT2D eigenvalue weighted by molar-refractivity contribution is -0.128. The first-order valence-corrected chi connectivity index (χ1v) is 10.4. The maximum Gasteiger partial charge on any atom is 0.305 e. The fourth-order valence-corrected chi connectivity index (χ4v) is 3.34. The van der Waals surface area contributed by atoms with Crippen molar-refractivity contribution in [2.45, 2.75) is 18.1 Å². The molecule has 0 aliphatic carbocycles. The topological polar surface area (TPSA) is 118 Å². The van der Waals surface area contributed by atoms with Gasteiger partial charge in [-0.1, -0.05) is 30.3 Å². The van der Waals surface area contributed by atoms with Crippen LogP contribution in [-0.2, 0) is 14.8 Å². The summed E-state index contributed by atoms with van der Waals surface area (Å²) in [5.41, 5.74) is 4.39. The van der Waals surface area contributed by atoms with Gasteiger partial charge < -0.3 is 9.15 Å². The van der Waals surface area contributed by atoms with E-state index in [2.05, 4.69) is 10.9 Å². The van der Waals surface area contributed by atoms with Gasteiger partial charge in [0.25, 0.3) is 15.9 Å². The number of ether oxygens (including phenoxy) is 1. The summed E-state index contributed by atoms with van der Waals surface area (Å²) < 4.78 is 35.6. The number of hydrogen-bond donors (Lipinski definition) is 2. The van der Waals surface area contributed by atoms with Crippen molar-refractivity contribution in [3.05, 3.63) is 60.4 Å². The van der Waals surface area contributed by atoms with Gasteiger partial charge in [0.15, 0.2) is 11.9 Å². The highest BCUT2D eigenvalue weighted by Gasteiger charge is 2.24. The van der Waals surface area contributed by atoms with Gasteiger partial charge in [-0.25, -0.2) is 12.7 Å². The van der Waals surface area contributed by atoms with Gasteiger partial charge in [0.2, 0.25) is 5.09 Å². The summed E-state index contributed by atoms with van der Waals surface area (Å²) >= 11 is 0. The summed E-state index contributed by atoms with van der Waals surface area (Å²) in [7, 11) is -1.12. The molecule has 9 nitrogen and oxygen atoms in total. The summed E-state index contributed by atoms with van der Waals surface area (Å²) in [6.07, 6.45) is -0.896. The van der Waals surface area contributed by atoms with Crippen molar-refractivity contribution < 1.29 is 27.2 Å². The van der Waals surface area contributed by atoms with Gasteiger partial charge in [0.1, 0.15) is 5.75 Å². The van der Waals surface area contributed by atoms with Crippen LogP contribution in [0.1, 0.15) is 17.5 Å². The first kappa shape index (κ1) is 21.3. The Balaban J connectivity index is 1.58. The monoisotopic (exact) mass is 431 g/mol. The van der Waals surface area contributed by atoms with Crippen LogP contribution in [0.2, 0.25) is 0 Å². The number of carbonyl (C=O) groups excluding carboxylic acids is 2. The molecule has 0 aliphatic rings. The predicted octanol–water partition coefficient (Wildman–Crippen LogP) is 1.91. The largest absolute Gasteiger partial charge is 0.481 e. The van der Waals surface area contributed by atoms with Gasteiger partial charge in [-0.15, -0.1) is 0 Å². The molecule has 158 valence electrons. The molecule has 0 fully saturated rings. The van der Waals surface area contributed by atoms with Gasteiger partial charge in [0, 0.05) is 14.1 Å². The van der Waals surface area contributed by atoms with Crippen LogP contribution in [0, 0.1) is 0 Å². The number of nitrogens with zero attached hydrogens (tertiary/aromatic N) is 1. The van der Waals surface area contributed by atoms with Crippen LogP contribution in [0.3, 0.4) is 0 Å². The minimum atomic E-state index is -3.81. The molecule has 2 aromatic carbocycles. The van der Waals surface area contributed by atoms with Crippen LogP contribution in [0.25, 0.3) is 10.8 Å². The molecule has 0 radical (unpaired) electrons. The molecule has 0 bridgehead atoms. The zero-order valence-corrected chi connectivity index (χ0v) is 17.4. The standard InChI is InChI=1S/C20H21N3O6S/c1-13(28-16-9-8-14-6-4-5-7-15(14)12-16)19(24)21-22-20(25)17-10-11-18(29-17)30(26,27)23(2)3/h4-13H,1-3H3,(H,21,24)(H,22,25). The average Bonchev–Trinajstić information content (AvgIpc) is 3.22. The molecule has 2 N–H and O–H groups in total. The van der Waals surface area contributed by atoms with Crippen LogP contribution in [0.15, 0.2) is 64.1 Å². The molecule has 3 aromatic rings. The van der Waals surface area contributed by atoms with E-state index in [9.17, 15) is 18.0 Å². The molecule has 1 unspecified atom stereocenters. The van der Waals surface area contributed by atoms with Crippen molar-refractivity contribution in [2.75, 3.05) is 14.1 Å². The van der Waals surface area contributed by atoms with E-state index in [1.807, 2.05) is 36.4 Å². The van der Waals surface area contributed by atoms with Crippen LogP contribution in [-0.4, -0.2) is 44.7 Å². The summed E-state index contributed by atoms with van der Waals surface area (Å²) in [4.78, 5) is 24.3. The fourth-order valence-electron chi connectivity index (χ4n) is 2.54. The van der Waals surface area contributed by atoms with E-state index in [4.69, 9.17) is 9.15 Å². The molecule has 0 saturated heterocycles. The average molecular weight is 431 g/mol. The number of rotatable bonds is 6. The van der Waals surface area contributed by atoms with Crippen LogP contribution in [0.5, 0.6) is 5.75 Å². The number of benzene rings is 2. The summed E-state index contributed by atoms with van der Waals surface area (Å²) in [5.74, 6) is -1.16. The van der Waals surface area contributed by atoms with Crippen molar-refractivity contribution in [1.29, 1.82) is 0 Å². The van der Waals surface area contributed by atoms with Gasteiger partial charge in [-0.3, -0.25) is 20.4 Å². The van der Waals surface area contributed by atoms with Crippen molar-refractivity contribution in [1.82, 2.24) is 15.2 Å². The van der Waals surface area contributed by atoms with Crippen molar-refractivity contribution in [2.24, 2.45) is 0 Å². The molecule has 30 heavy (non-hydrogen) atoms. The molecule has 10 heteroatoms. The molecule has 2 amide bonds. The maximum atomic E-state index is 12.2. The van der Waals surface area contributed by atoms with Gasteiger partial charge in [0.05, 0.1) is 0 Å². The van der Waals surface area contributed by atoms with Crippen LogP contribution < -0.4 is 15.6 Å². The number of hydrogen-bond acceptors (Lipinski definition) is 6. The zero-order valence-electron chi connectivity index (χ0n) is 16.6. The highest BCUT2D eigenvalue weighted by Crippen LogP contribution is 2.21. The molecular formula is C20H21N3O6S. The Morgan fingerprint density at radius 1 is 1.00 bits per heavy atom. The lowest BCUT2D eigenvalue weighted by atomic mass is 10.1. The zero-order chi connectivity index (χ0) is 21.9. The van der Waals surface area contributed by atoms with E-state index in [-0.39, 0.29) is 10.9 Å². The molecule has 3 rings (SSSR count). The lowest BCUT2D eigenvalue weighted by Gasteiger charge is -2.15. The van der Waals surface area contributed by atoms with Gasteiger partial charge in [-0.2, -0.15) is 0 Å². The quantitative estimate of drug-likeness (QED) is 0.576. The summed E-state index contributed by atoms with van der Waals surface area (Å²) in [6.45, 7) is 1.53. The van der Waals surface area contributed by atoms with Crippen molar-refractivity contribution in [3.63, 3.8) is 0 Å². The third-order valence-corrected chi connectivity index (χ3v) is 5.93. The second kappa shape index (κ2) is 8.56. The van der Waals surface area contributed by atoms with Crippen LogP contribution >= 0.6 is 0 Å². The number of sulfonamides is 1. The number of hydrazine groups is 1. The first-order valence-electron chi connectivity index (χ1n) is 8.96. The molecule has 1 atom stereocenters. The number of amides is 2. The number of nitrogens with one attached hydrogen (secondary N) is 2. The Morgan fingerprint density at radius 3 is 2.40 bits per heavy atom. The third-order valence-electron chi connectivity index (χ3n) is 4.24. The van der Waals surface area contributed by atoms with E-state index in [0.717, 1.165) is 21.1 Å². The van der Waals surface area contributed by atoms with E-state index >= 15 is 0 Å². The molecular weight excluding hydrogens is 410 g/mol. The first-order chi connectivity index (χ1) is 14.2. The highest BCUT2D eigenvalue weighted by molar-refractivity contribution is 7.88. The van der Waals surface area contributed by atoms with Crippen LogP contribution in [0.4, 0.5) is 0 Å². The predicted molar refractivity (Wildman–Crippen MR) is 109 cm³/mol. The second-order valence-corrected chi connectivity index (χ2v) is 8.70. The minimum Gasteiger partial charge on any atom is -0.481 e. The Morgan fingerprint density at radius 2 is 1.70 bits per heavy atom. The molecule has 0 spiro atoms. The lowest BCUT2D eigenvalue weighted by Crippen LogP contribution is -2.47. The van der Waals surface area contributed by atoms with Crippen molar-refractivity contribution in [3.8, 4) is 5.75 Å².